The fourth-order valence-corrected chi connectivity index (χ4v) is 2.21. The Kier molecular flexibility index (Phi) is 4.16. The van der Waals surface area contributed by atoms with E-state index in [9.17, 15) is 10.1 Å². The van der Waals surface area contributed by atoms with Gasteiger partial charge in [0.05, 0.1) is 4.92 Å². The SMILES string of the molecule is Nc1ccc([N+](=O)[O-])c(N(CCCO)C2CCC2)n1. The smallest absolute Gasteiger partial charge is 0.311 e. The summed E-state index contributed by atoms with van der Waals surface area (Å²) in [4.78, 5) is 16.7. The summed E-state index contributed by atoms with van der Waals surface area (Å²) < 4.78 is 0. The third-order valence-electron chi connectivity index (χ3n) is 3.42. The fourth-order valence-electron chi connectivity index (χ4n) is 2.21. The van der Waals surface area contributed by atoms with Crippen LogP contribution in [0.5, 0.6) is 0 Å². The summed E-state index contributed by atoms with van der Waals surface area (Å²) >= 11 is 0. The summed E-state index contributed by atoms with van der Waals surface area (Å²) in [6.45, 7) is 0.609. The van der Waals surface area contributed by atoms with Crippen LogP contribution in [0.25, 0.3) is 0 Å². The summed E-state index contributed by atoms with van der Waals surface area (Å²) in [5.74, 6) is 0.595. The third-order valence-corrected chi connectivity index (χ3v) is 3.42. The second-order valence-electron chi connectivity index (χ2n) is 4.69. The van der Waals surface area contributed by atoms with Crippen LogP contribution in [0.2, 0.25) is 0 Å². The lowest BCUT2D eigenvalue weighted by molar-refractivity contribution is -0.384. The van der Waals surface area contributed by atoms with E-state index >= 15 is 0 Å². The van der Waals surface area contributed by atoms with E-state index in [1.807, 2.05) is 4.90 Å². The number of nitrogens with two attached hydrogens (primary N) is 1. The number of nitrogens with zero attached hydrogens (tertiary/aromatic N) is 3. The second-order valence-corrected chi connectivity index (χ2v) is 4.69. The third kappa shape index (κ3) is 2.93. The average molecular weight is 266 g/mol. The molecule has 3 N–H and O–H groups in total. The predicted molar refractivity (Wildman–Crippen MR) is 72.0 cm³/mol. The molecule has 0 aliphatic heterocycles. The molecule has 1 aromatic heterocycles. The molecule has 1 aliphatic rings. The van der Waals surface area contributed by atoms with Gasteiger partial charge in [-0.2, -0.15) is 0 Å². The number of nitrogen functional groups attached to an aromatic ring is 1. The van der Waals surface area contributed by atoms with Gasteiger partial charge in [0.2, 0.25) is 5.82 Å². The lowest BCUT2D eigenvalue weighted by Gasteiger charge is -2.38. The summed E-state index contributed by atoms with van der Waals surface area (Å²) in [5, 5.41) is 20.1. The number of hydrogen-bond acceptors (Lipinski definition) is 6. The average Bonchev–Trinajstić information content (AvgIpc) is 2.31. The summed E-state index contributed by atoms with van der Waals surface area (Å²) in [7, 11) is 0. The number of anilines is 2. The molecule has 0 aromatic carbocycles. The molecule has 1 aromatic rings. The number of aliphatic hydroxyl groups excluding tert-OH is 1. The minimum atomic E-state index is -0.438. The molecule has 0 unspecified atom stereocenters. The van der Waals surface area contributed by atoms with Crippen LogP contribution in [0.4, 0.5) is 17.3 Å². The van der Waals surface area contributed by atoms with Gasteiger partial charge in [0.1, 0.15) is 5.82 Å². The highest BCUT2D eigenvalue weighted by molar-refractivity contribution is 5.61. The van der Waals surface area contributed by atoms with Crippen LogP contribution in [0, 0.1) is 10.1 Å². The molecule has 2 rings (SSSR count). The molecule has 0 atom stereocenters. The van der Waals surface area contributed by atoms with Crippen molar-refractivity contribution in [3.05, 3.63) is 22.2 Å². The quantitative estimate of drug-likeness (QED) is 0.594. The molecule has 1 aliphatic carbocycles. The number of aliphatic hydroxyl groups is 1. The number of nitro groups is 1. The highest BCUT2D eigenvalue weighted by Gasteiger charge is 2.30. The molecule has 1 heterocycles. The lowest BCUT2D eigenvalue weighted by atomic mass is 9.91. The van der Waals surface area contributed by atoms with Crippen LogP contribution in [-0.2, 0) is 0 Å². The number of pyridine rings is 1. The van der Waals surface area contributed by atoms with E-state index in [0.29, 0.717) is 18.8 Å². The molecule has 1 saturated carbocycles. The standard InChI is InChI=1S/C12H18N4O3/c13-11-6-5-10(16(18)19)12(14-11)15(7-2-8-17)9-3-1-4-9/h5-6,9,17H,1-4,7-8H2,(H2,13,14). The van der Waals surface area contributed by atoms with Crippen molar-refractivity contribution >= 4 is 17.3 Å². The first-order valence-electron chi connectivity index (χ1n) is 6.42. The molecular formula is C12H18N4O3. The van der Waals surface area contributed by atoms with Gasteiger partial charge >= 0.3 is 5.69 Å². The molecule has 0 saturated heterocycles. The van der Waals surface area contributed by atoms with E-state index in [-0.39, 0.29) is 24.2 Å². The van der Waals surface area contributed by atoms with Crippen LogP contribution >= 0.6 is 0 Å². The molecule has 0 spiro atoms. The molecule has 104 valence electrons. The molecule has 7 nitrogen and oxygen atoms in total. The second kappa shape index (κ2) is 5.83. The zero-order valence-corrected chi connectivity index (χ0v) is 10.7. The Hall–Kier alpha value is -1.89. The van der Waals surface area contributed by atoms with E-state index in [0.717, 1.165) is 19.3 Å². The van der Waals surface area contributed by atoms with Crippen molar-refractivity contribution in [2.75, 3.05) is 23.8 Å². The first-order valence-corrected chi connectivity index (χ1v) is 6.42. The Morgan fingerprint density at radius 2 is 2.26 bits per heavy atom. The molecule has 7 heteroatoms. The van der Waals surface area contributed by atoms with Crippen molar-refractivity contribution in [1.29, 1.82) is 0 Å². The van der Waals surface area contributed by atoms with Crippen LogP contribution in [0.3, 0.4) is 0 Å². The Morgan fingerprint density at radius 1 is 1.53 bits per heavy atom. The molecule has 1 fully saturated rings. The van der Waals surface area contributed by atoms with Crippen molar-refractivity contribution in [2.24, 2.45) is 0 Å². The zero-order valence-electron chi connectivity index (χ0n) is 10.7. The maximum atomic E-state index is 11.1. The van der Waals surface area contributed by atoms with Gasteiger partial charge in [0.15, 0.2) is 0 Å². The molecule has 0 amide bonds. The van der Waals surface area contributed by atoms with Crippen LogP contribution in [0.15, 0.2) is 12.1 Å². The van der Waals surface area contributed by atoms with E-state index < -0.39 is 4.92 Å². The number of hydrogen-bond donors (Lipinski definition) is 2. The molecular weight excluding hydrogens is 248 g/mol. The van der Waals surface area contributed by atoms with Gasteiger partial charge in [0, 0.05) is 25.3 Å². The summed E-state index contributed by atoms with van der Waals surface area (Å²) in [6, 6.07) is 3.09. The summed E-state index contributed by atoms with van der Waals surface area (Å²) in [5.41, 5.74) is 5.62. The first-order chi connectivity index (χ1) is 9.13. The van der Waals surface area contributed by atoms with E-state index in [1.165, 1.54) is 12.1 Å². The first kappa shape index (κ1) is 13.5. The van der Waals surface area contributed by atoms with Crippen molar-refractivity contribution in [3.63, 3.8) is 0 Å². The minimum absolute atomic E-state index is 0.0287. The van der Waals surface area contributed by atoms with Gasteiger partial charge in [-0.05, 0) is 31.7 Å². The number of aromatic nitrogens is 1. The molecule has 0 bridgehead atoms. The molecule has 0 radical (unpaired) electrons. The van der Waals surface area contributed by atoms with Crippen molar-refractivity contribution in [1.82, 2.24) is 4.98 Å². The van der Waals surface area contributed by atoms with Gasteiger partial charge in [0.25, 0.3) is 0 Å². The fraction of sp³-hybridized carbons (Fsp3) is 0.583. The Morgan fingerprint density at radius 3 is 2.79 bits per heavy atom. The van der Waals surface area contributed by atoms with Gasteiger partial charge in [-0.15, -0.1) is 0 Å². The van der Waals surface area contributed by atoms with Gasteiger partial charge in [-0.3, -0.25) is 10.1 Å². The maximum Gasteiger partial charge on any atom is 0.311 e. The number of rotatable bonds is 6. The Labute approximate surface area is 111 Å². The van der Waals surface area contributed by atoms with Gasteiger partial charge < -0.3 is 15.7 Å². The minimum Gasteiger partial charge on any atom is -0.396 e. The zero-order chi connectivity index (χ0) is 13.8. The highest BCUT2D eigenvalue weighted by Crippen LogP contribution is 2.34. The summed E-state index contributed by atoms with van der Waals surface area (Å²) in [6.07, 6.45) is 3.68. The van der Waals surface area contributed by atoms with Gasteiger partial charge in [-0.25, -0.2) is 4.98 Å². The highest BCUT2D eigenvalue weighted by atomic mass is 16.6. The predicted octanol–water partition coefficient (Wildman–Crippen LogP) is 1.31. The van der Waals surface area contributed by atoms with Crippen molar-refractivity contribution in [2.45, 2.75) is 31.7 Å². The van der Waals surface area contributed by atoms with E-state index in [4.69, 9.17) is 10.8 Å². The Bertz CT molecular complexity index is 462. The van der Waals surface area contributed by atoms with Crippen LogP contribution < -0.4 is 10.6 Å². The van der Waals surface area contributed by atoms with Crippen LogP contribution in [-0.4, -0.2) is 34.2 Å². The monoisotopic (exact) mass is 266 g/mol. The normalized spacial score (nSPS) is 15.0. The Balaban J connectivity index is 2.33. The van der Waals surface area contributed by atoms with Gasteiger partial charge in [-0.1, -0.05) is 0 Å². The molecule has 19 heavy (non-hydrogen) atoms. The maximum absolute atomic E-state index is 11.1. The van der Waals surface area contributed by atoms with Crippen LogP contribution in [0.1, 0.15) is 25.7 Å². The van der Waals surface area contributed by atoms with Crippen molar-refractivity contribution in [3.8, 4) is 0 Å². The van der Waals surface area contributed by atoms with E-state index in [2.05, 4.69) is 4.98 Å². The lowest BCUT2D eigenvalue weighted by Crippen LogP contribution is -2.42. The van der Waals surface area contributed by atoms with Crippen molar-refractivity contribution < 1.29 is 10.0 Å². The topological polar surface area (TPSA) is 106 Å². The van der Waals surface area contributed by atoms with E-state index in [1.54, 1.807) is 0 Å². The largest absolute Gasteiger partial charge is 0.396 e.